The van der Waals surface area contributed by atoms with Crippen molar-refractivity contribution in [3.05, 3.63) is 0 Å². The van der Waals surface area contributed by atoms with Crippen LogP contribution in [0.25, 0.3) is 0 Å². The van der Waals surface area contributed by atoms with E-state index < -0.39 is 17.9 Å². The van der Waals surface area contributed by atoms with Gasteiger partial charge in [-0.2, -0.15) is 0 Å². The van der Waals surface area contributed by atoms with Gasteiger partial charge in [-0.3, -0.25) is 14.4 Å². The van der Waals surface area contributed by atoms with Crippen molar-refractivity contribution >= 4 is 23.9 Å². The van der Waals surface area contributed by atoms with Crippen molar-refractivity contribution < 1.29 is 34.3 Å². The van der Waals surface area contributed by atoms with Gasteiger partial charge < -0.3 is 15.3 Å². The smallest absolute Gasteiger partial charge is 0.356 e. The molecule has 0 aromatic carbocycles. The number of aliphatic carboxylic acids is 3. The van der Waals surface area contributed by atoms with Gasteiger partial charge in [-0.25, -0.2) is 29.1 Å². The zero-order chi connectivity index (χ0) is 20.3. The third kappa shape index (κ3) is 5.09. The van der Waals surface area contributed by atoms with Gasteiger partial charge in [0, 0.05) is 19.6 Å². The fourth-order valence-corrected chi connectivity index (χ4v) is 3.88. The van der Waals surface area contributed by atoms with E-state index in [1.54, 1.807) is 0 Å². The topological polar surface area (TPSA) is 131 Å². The number of carboxylic acids is 3. The number of carbonyl (C=O) groups is 3. The lowest BCUT2D eigenvalue weighted by molar-refractivity contribution is -0.596. The van der Waals surface area contributed by atoms with Gasteiger partial charge >= 0.3 is 23.9 Å². The highest BCUT2D eigenvalue weighted by atomic mass is 16.4. The Morgan fingerprint density at radius 3 is 1.43 bits per heavy atom. The van der Waals surface area contributed by atoms with Gasteiger partial charge in [0.1, 0.15) is 40.0 Å². The van der Waals surface area contributed by atoms with Crippen molar-refractivity contribution in [2.75, 3.05) is 59.6 Å². The maximum atomic E-state index is 10.9. The number of rotatable bonds is 9. The number of guanidine groups is 1. The first-order chi connectivity index (χ1) is 13.3. The van der Waals surface area contributed by atoms with Gasteiger partial charge in [0.05, 0.1) is 19.3 Å². The van der Waals surface area contributed by atoms with E-state index in [0.717, 1.165) is 5.96 Å². The summed E-state index contributed by atoms with van der Waals surface area (Å²) >= 11 is 0. The molecular formula is C16H27N6O6+. The molecule has 3 aliphatic heterocycles. The van der Waals surface area contributed by atoms with Gasteiger partial charge in [-0.1, -0.05) is 0 Å². The largest absolute Gasteiger partial charge is 0.481 e. The highest BCUT2D eigenvalue weighted by molar-refractivity contribution is 5.76. The second-order valence-corrected chi connectivity index (χ2v) is 7.38. The Kier molecular flexibility index (Phi) is 6.31. The first kappa shape index (κ1) is 20.3. The van der Waals surface area contributed by atoms with Crippen LogP contribution in [0.15, 0.2) is 0 Å². The third-order valence-electron chi connectivity index (χ3n) is 5.00. The quantitative estimate of drug-likeness (QED) is 0.375. The summed E-state index contributed by atoms with van der Waals surface area (Å²) in [5, 5.41) is 27.0. The van der Waals surface area contributed by atoms with Crippen LogP contribution in [0.2, 0.25) is 0 Å². The van der Waals surface area contributed by atoms with Crippen LogP contribution in [0.4, 0.5) is 0 Å². The van der Waals surface area contributed by atoms with Crippen LogP contribution in [0.5, 0.6) is 0 Å². The lowest BCUT2D eigenvalue weighted by Crippen LogP contribution is -2.71. The van der Waals surface area contributed by atoms with Crippen molar-refractivity contribution in [3.63, 3.8) is 0 Å². The molecule has 0 aliphatic carbocycles. The molecule has 3 rings (SSSR count). The molecule has 1 fully saturated rings. The summed E-state index contributed by atoms with van der Waals surface area (Å²) < 4.78 is 2.13. The summed E-state index contributed by atoms with van der Waals surface area (Å²) in [6, 6.07) is 0. The molecule has 3 aliphatic rings. The van der Waals surface area contributed by atoms with Crippen LogP contribution < -0.4 is 0 Å². The van der Waals surface area contributed by atoms with Crippen molar-refractivity contribution in [1.29, 1.82) is 0 Å². The number of carboxylic acid groups (broad SMARTS) is 3. The van der Waals surface area contributed by atoms with Crippen LogP contribution in [0, 0.1) is 0 Å². The van der Waals surface area contributed by atoms with Crippen molar-refractivity contribution in [2.45, 2.75) is 19.3 Å². The number of nitrogens with zero attached hydrogens (tertiary/aromatic N) is 6. The number of hydrogen-bond acceptors (Lipinski definition) is 8. The Balaban J connectivity index is 1.74. The molecule has 0 radical (unpaired) electrons. The summed E-state index contributed by atoms with van der Waals surface area (Å²) in [7, 11) is 0. The second kappa shape index (κ2) is 8.71. The molecule has 3 N–H and O–H groups in total. The van der Waals surface area contributed by atoms with Crippen molar-refractivity contribution in [3.8, 4) is 0 Å². The number of hydrogen-bond donors (Lipinski definition) is 3. The minimum atomic E-state index is -0.847. The first-order valence-corrected chi connectivity index (χ1v) is 9.26. The van der Waals surface area contributed by atoms with Crippen LogP contribution in [0.1, 0.15) is 19.3 Å². The van der Waals surface area contributed by atoms with Crippen LogP contribution in [-0.2, 0) is 14.4 Å². The maximum absolute atomic E-state index is 10.9. The highest BCUT2D eigenvalue weighted by Crippen LogP contribution is 2.20. The molecule has 28 heavy (non-hydrogen) atoms. The lowest BCUT2D eigenvalue weighted by Gasteiger charge is -2.48. The molecule has 3 heterocycles. The molecular weight excluding hydrogens is 372 g/mol. The summed E-state index contributed by atoms with van der Waals surface area (Å²) in [6.07, 6.45) is 0.143. The molecule has 1 saturated heterocycles. The molecule has 0 unspecified atom stereocenters. The molecule has 12 heteroatoms. The molecule has 12 nitrogen and oxygen atoms in total. The predicted octanol–water partition coefficient (Wildman–Crippen LogP) is -1.93. The van der Waals surface area contributed by atoms with Gasteiger partial charge in [0.15, 0.2) is 0 Å². The van der Waals surface area contributed by atoms with Gasteiger partial charge in [0.25, 0.3) is 0 Å². The molecule has 0 aromatic heterocycles. The van der Waals surface area contributed by atoms with E-state index >= 15 is 0 Å². The predicted molar refractivity (Wildman–Crippen MR) is 95.0 cm³/mol. The Hall–Kier alpha value is -2.44. The molecule has 0 atom stereocenters. The SMILES string of the molecule is O=C(O)CCN1CN2CN(CCC(=O)O)C[N+]3=C2N(C1)CN(CCC(=O)O)C3. The summed E-state index contributed by atoms with van der Waals surface area (Å²) in [6.45, 7) is 4.72. The standard InChI is InChI=1S/C16H26N6O6/c23-13(24)1-4-17-7-20-9-18(5-2-14(25)26)11-22-12-19(6-3-15(27)28)10-21(8-17)16(20)22/h1-12H2,(H2-,23,24,25,26,27,28)/p+1. The summed E-state index contributed by atoms with van der Waals surface area (Å²) in [4.78, 5) is 43.2. The van der Waals surface area contributed by atoms with E-state index in [0.29, 0.717) is 59.6 Å². The Morgan fingerprint density at radius 2 is 1.04 bits per heavy atom. The molecule has 0 spiro atoms. The molecule has 0 aromatic rings. The van der Waals surface area contributed by atoms with Crippen molar-refractivity contribution in [2.24, 2.45) is 0 Å². The maximum Gasteiger partial charge on any atom is 0.356 e. The van der Waals surface area contributed by atoms with E-state index in [-0.39, 0.29) is 19.3 Å². The summed E-state index contributed by atoms with van der Waals surface area (Å²) in [5.74, 6) is -1.50. The van der Waals surface area contributed by atoms with Gasteiger partial charge in [0.2, 0.25) is 0 Å². The van der Waals surface area contributed by atoms with Crippen LogP contribution in [-0.4, -0.2) is 128 Å². The zero-order valence-corrected chi connectivity index (χ0v) is 15.7. The van der Waals surface area contributed by atoms with E-state index in [9.17, 15) is 14.4 Å². The normalized spacial score (nSPS) is 21.0. The first-order valence-electron chi connectivity index (χ1n) is 9.26. The molecule has 156 valence electrons. The average molecular weight is 399 g/mol. The highest BCUT2D eigenvalue weighted by Gasteiger charge is 2.44. The fraction of sp³-hybridized carbons (Fsp3) is 0.750. The van der Waals surface area contributed by atoms with Gasteiger partial charge in [-0.15, -0.1) is 0 Å². The van der Waals surface area contributed by atoms with Gasteiger partial charge in [-0.05, 0) is 0 Å². The summed E-state index contributed by atoms with van der Waals surface area (Å²) in [5.41, 5.74) is 0. The fourth-order valence-electron chi connectivity index (χ4n) is 3.88. The van der Waals surface area contributed by atoms with E-state index in [4.69, 9.17) is 15.3 Å². The second-order valence-electron chi connectivity index (χ2n) is 7.38. The molecule has 0 bridgehead atoms. The zero-order valence-electron chi connectivity index (χ0n) is 15.7. The Morgan fingerprint density at radius 1 is 0.679 bits per heavy atom. The van der Waals surface area contributed by atoms with Crippen LogP contribution in [0.3, 0.4) is 0 Å². The minimum absolute atomic E-state index is 0.0478. The van der Waals surface area contributed by atoms with E-state index in [1.165, 1.54) is 0 Å². The lowest BCUT2D eigenvalue weighted by atomic mass is 10.3. The molecule has 0 amide bonds. The van der Waals surface area contributed by atoms with Crippen molar-refractivity contribution in [1.82, 2.24) is 24.5 Å². The van der Waals surface area contributed by atoms with E-state index in [1.807, 2.05) is 14.7 Å². The Bertz CT molecular complexity index is 626. The minimum Gasteiger partial charge on any atom is -0.481 e. The monoisotopic (exact) mass is 399 g/mol. The van der Waals surface area contributed by atoms with E-state index in [2.05, 4.69) is 14.4 Å². The van der Waals surface area contributed by atoms with Crippen LogP contribution >= 0.6 is 0 Å². The Labute approximate surface area is 162 Å². The molecule has 0 saturated carbocycles. The average Bonchev–Trinajstić information content (AvgIpc) is 2.62. The third-order valence-corrected chi connectivity index (χ3v) is 5.00.